The second-order valence-corrected chi connectivity index (χ2v) is 7.36. The van der Waals surface area contributed by atoms with Gasteiger partial charge in [0, 0.05) is 6.54 Å². The van der Waals surface area contributed by atoms with Crippen molar-refractivity contribution in [1.82, 2.24) is 20.3 Å². The molecule has 0 aromatic carbocycles. The minimum Gasteiger partial charge on any atom is -0.465 e. The number of nitrogens with one attached hydrogen (secondary N) is 1. The Kier molecular flexibility index (Phi) is 6.95. The number of ether oxygens (including phenoxy) is 1. The zero-order chi connectivity index (χ0) is 22.7. The summed E-state index contributed by atoms with van der Waals surface area (Å²) in [7, 11) is 0. The number of carbonyl (C=O) groups excluding carboxylic acids is 3. The Morgan fingerprint density at radius 3 is 2.81 bits per heavy atom. The van der Waals surface area contributed by atoms with E-state index in [1.54, 1.807) is 13.0 Å². The normalized spacial score (nSPS) is 26.0. The van der Waals surface area contributed by atoms with Gasteiger partial charge in [-0.15, -0.1) is 0 Å². The highest BCUT2D eigenvalue weighted by atomic mass is 19.1. The summed E-state index contributed by atoms with van der Waals surface area (Å²) in [6.07, 6.45) is -0.621. The maximum atomic E-state index is 13.9. The average molecular weight is 444 g/mol. The monoisotopic (exact) mass is 444 g/mol. The summed E-state index contributed by atoms with van der Waals surface area (Å²) in [5, 5.41) is 9.85. The number of amides is 4. The number of urea groups is 1. The van der Waals surface area contributed by atoms with Crippen molar-refractivity contribution in [3.05, 3.63) is 11.6 Å². The third-order valence-corrected chi connectivity index (χ3v) is 5.32. The predicted octanol–water partition coefficient (Wildman–Crippen LogP) is 0.402. The van der Waals surface area contributed by atoms with Gasteiger partial charge in [0.15, 0.2) is 0 Å². The lowest BCUT2D eigenvalue weighted by molar-refractivity contribution is -0.223. The Hall–Kier alpha value is -2.93. The lowest BCUT2D eigenvalue weighted by atomic mass is 10.0. The summed E-state index contributed by atoms with van der Waals surface area (Å²) in [6, 6.07) is -2.84. The van der Waals surface area contributed by atoms with Crippen LogP contribution < -0.4 is 5.48 Å². The van der Waals surface area contributed by atoms with Crippen LogP contribution in [-0.4, -0.2) is 94.8 Å². The molecule has 12 nitrogen and oxygen atoms in total. The van der Waals surface area contributed by atoms with Crippen molar-refractivity contribution in [3.63, 3.8) is 0 Å². The highest BCUT2D eigenvalue weighted by Gasteiger charge is 2.49. The van der Waals surface area contributed by atoms with E-state index in [4.69, 9.17) is 14.8 Å². The smallest absolute Gasteiger partial charge is 0.407 e. The summed E-state index contributed by atoms with van der Waals surface area (Å²) in [6.45, 7) is 3.53. The van der Waals surface area contributed by atoms with E-state index < -0.39 is 42.4 Å². The first-order valence-corrected chi connectivity index (χ1v) is 9.91. The highest BCUT2D eigenvalue weighted by Crippen LogP contribution is 2.30. The number of hydroxylamine groups is 3. The maximum absolute atomic E-state index is 13.9. The van der Waals surface area contributed by atoms with E-state index in [0.717, 1.165) is 0 Å². The summed E-state index contributed by atoms with van der Waals surface area (Å²) in [4.78, 5) is 60.4. The summed E-state index contributed by atoms with van der Waals surface area (Å²) in [5.74, 6) is -1.89. The van der Waals surface area contributed by atoms with Crippen molar-refractivity contribution < 1.29 is 43.1 Å². The summed E-state index contributed by atoms with van der Waals surface area (Å²) in [5.41, 5.74) is 2.77. The number of nitrogens with zero attached hydrogens (tertiary/aromatic N) is 3. The van der Waals surface area contributed by atoms with Gasteiger partial charge in [0.05, 0.1) is 31.8 Å². The topological polar surface area (TPSA) is 138 Å². The number of halogens is 1. The number of fused-ring (bicyclic) bond motifs is 2. The van der Waals surface area contributed by atoms with Crippen LogP contribution in [-0.2, 0) is 24.0 Å². The summed E-state index contributed by atoms with van der Waals surface area (Å²) < 4.78 is 18.5. The number of rotatable bonds is 8. The number of alkyl halides is 1. The molecule has 4 amide bonds. The maximum Gasteiger partial charge on any atom is 0.407 e. The van der Waals surface area contributed by atoms with Gasteiger partial charge >= 0.3 is 24.5 Å². The SMILES string of the molecule is CCOC(=O)[C@H](F)ON1C(=O)N2C[C@H]1C=C(C)[C@H]2C(=O)NOC[C@@H]1CCCN1C(=O)O. The van der Waals surface area contributed by atoms with Crippen molar-refractivity contribution >= 4 is 24.0 Å². The van der Waals surface area contributed by atoms with Crippen LogP contribution in [0, 0.1) is 0 Å². The van der Waals surface area contributed by atoms with Gasteiger partial charge in [-0.2, -0.15) is 5.06 Å². The van der Waals surface area contributed by atoms with Crippen molar-refractivity contribution in [2.75, 3.05) is 26.3 Å². The molecule has 3 rings (SSSR count). The molecule has 2 saturated heterocycles. The zero-order valence-corrected chi connectivity index (χ0v) is 17.2. The molecule has 0 aromatic heterocycles. The number of hydrogen-bond donors (Lipinski definition) is 2. The molecule has 3 aliphatic rings. The van der Waals surface area contributed by atoms with E-state index in [1.807, 2.05) is 0 Å². The van der Waals surface area contributed by atoms with E-state index >= 15 is 0 Å². The average Bonchev–Trinajstić information content (AvgIpc) is 3.27. The van der Waals surface area contributed by atoms with Crippen molar-refractivity contribution in [1.29, 1.82) is 0 Å². The fourth-order valence-corrected chi connectivity index (χ4v) is 3.95. The third-order valence-electron chi connectivity index (χ3n) is 5.32. The van der Waals surface area contributed by atoms with Gasteiger partial charge in [-0.25, -0.2) is 29.1 Å². The Bertz CT molecular complexity index is 778. The lowest BCUT2D eigenvalue weighted by Gasteiger charge is -2.29. The molecule has 2 N–H and O–H groups in total. The van der Waals surface area contributed by atoms with Crippen LogP contribution in [0.5, 0.6) is 0 Å². The first-order chi connectivity index (χ1) is 14.7. The van der Waals surface area contributed by atoms with E-state index in [1.165, 1.54) is 16.7 Å². The van der Waals surface area contributed by atoms with Gasteiger partial charge in [-0.1, -0.05) is 6.08 Å². The fourth-order valence-electron chi connectivity index (χ4n) is 3.95. The second kappa shape index (κ2) is 9.47. The zero-order valence-electron chi connectivity index (χ0n) is 17.2. The molecule has 3 aliphatic heterocycles. The van der Waals surface area contributed by atoms with Gasteiger partial charge in [-0.3, -0.25) is 9.63 Å². The minimum atomic E-state index is -2.47. The quantitative estimate of drug-likeness (QED) is 0.312. The van der Waals surface area contributed by atoms with E-state index in [9.17, 15) is 23.6 Å². The van der Waals surface area contributed by atoms with Crippen LogP contribution in [0.1, 0.15) is 26.7 Å². The highest BCUT2D eigenvalue weighted by molar-refractivity contribution is 5.91. The van der Waals surface area contributed by atoms with Gasteiger partial charge in [0.2, 0.25) is 0 Å². The first-order valence-electron chi connectivity index (χ1n) is 9.91. The van der Waals surface area contributed by atoms with Crippen LogP contribution in [0.3, 0.4) is 0 Å². The van der Waals surface area contributed by atoms with E-state index in [0.29, 0.717) is 30.0 Å². The van der Waals surface area contributed by atoms with Crippen LogP contribution >= 0.6 is 0 Å². The standard InChI is InChI=1S/C18H25FN4O8/c1-3-29-16(25)14(19)31-23-12-7-10(2)13(22(8-12)17(23)26)15(24)20-30-9-11-5-4-6-21(11)18(27)28/h7,11-14H,3-6,8-9H2,1-2H3,(H,20,24)(H,27,28)/t11-,12+,13-,14+/m0/s1. The Morgan fingerprint density at radius 2 is 2.13 bits per heavy atom. The van der Waals surface area contributed by atoms with Crippen molar-refractivity contribution in [3.8, 4) is 0 Å². The number of hydrogen-bond acceptors (Lipinski definition) is 7. The number of carboxylic acid groups (broad SMARTS) is 1. The van der Waals surface area contributed by atoms with Gasteiger partial charge in [0.1, 0.15) is 6.04 Å². The molecule has 0 aromatic rings. The molecular formula is C18H25FN4O8. The van der Waals surface area contributed by atoms with Gasteiger partial charge in [-0.05, 0) is 32.3 Å². The molecule has 0 unspecified atom stereocenters. The lowest BCUT2D eigenvalue weighted by Crippen LogP contribution is -2.50. The molecule has 31 heavy (non-hydrogen) atoms. The molecule has 13 heteroatoms. The fraction of sp³-hybridized carbons (Fsp3) is 0.667. The van der Waals surface area contributed by atoms with Crippen LogP contribution in [0.4, 0.5) is 14.0 Å². The molecule has 4 atom stereocenters. The molecule has 0 aliphatic carbocycles. The van der Waals surface area contributed by atoms with Gasteiger partial charge < -0.3 is 19.6 Å². The minimum absolute atomic E-state index is 0.0254. The van der Waals surface area contributed by atoms with Crippen LogP contribution in [0.25, 0.3) is 0 Å². The molecule has 0 spiro atoms. The Morgan fingerprint density at radius 1 is 1.39 bits per heavy atom. The van der Waals surface area contributed by atoms with Gasteiger partial charge in [0.25, 0.3) is 5.91 Å². The van der Waals surface area contributed by atoms with Crippen LogP contribution in [0.15, 0.2) is 11.6 Å². The first kappa shape index (κ1) is 22.7. The molecule has 172 valence electrons. The largest absolute Gasteiger partial charge is 0.465 e. The Balaban J connectivity index is 1.57. The number of esters is 1. The van der Waals surface area contributed by atoms with Crippen molar-refractivity contribution in [2.45, 2.75) is 51.2 Å². The predicted molar refractivity (Wildman–Crippen MR) is 99.7 cm³/mol. The molecule has 2 bridgehead atoms. The number of likely N-dealkylation sites (tertiary alicyclic amines) is 1. The molecule has 0 saturated carbocycles. The van der Waals surface area contributed by atoms with E-state index in [2.05, 4.69) is 10.2 Å². The Labute approximate surface area is 177 Å². The molecular weight excluding hydrogens is 419 g/mol. The van der Waals surface area contributed by atoms with Crippen molar-refractivity contribution in [2.24, 2.45) is 0 Å². The second-order valence-electron chi connectivity index (χ2n) is 7.36. The number of carbonyl (C=O) groups is 4. The van der Waals surface area contributed by atoms with Crippen LogP contribution in [0.2, 0.25) is 0 Å². The molecule has 2 fully saturated rings. The van der Waals surface area contributed by atoms with E-state index in [-0.39, 0.29) is 25.8 Å². The molecule has 3 heterocycles. The third kappa shape index (κ3) is 4.71. The molecule has 0 radical (unpaired) electrons. The summed E-state index contributed by atoms with van der Waals surface area (Å²) >= 11 is 0.